The van der Waals surface area contributed by atoms with Gasteiger partial charge in [-0.3, -0.25) is 4.79 Å². The molecule has 74 valence electrons. The van der Waals surface area contributed by atoms with Gasteiger partial charge in [-0.15, -0.1) is 0 Å². The van der Waals surface area contributed by atoms with E-state index in [2.05, 4.69) is 0 Å². The fourth-order valence-corrected chi connectivity index (χ4v) is 2.07. The number of ketones is 1. The lowest BCUT2D eigenvalue weighted by Gasteiger charge is -2.07. The van der Waals surface area contributed by atoms with Gasteiger partial charge in [0, 0.05) is 11.5 Å². The highest BCUT2D eigenvalue weighted by molar-refractivity contribution is 5.97. The normalized spacial score (nSPS) is 17.2. The van der Waals surface area contributed by atoms with Gasteiger partial charge in [0.2, 0.25) is 0 Å². The van der Waals surface area contributed by atoms with E-state index in [1.165, 1.54) is 12.1 Å². The molecule has 1 aliphatic carbocycles. The number of hydrogen-bond acceptors (Lipinski definition) is 1. The zero-order valence-electron chi connectivity index (χ0n) is 8.00. The summed E-state index contributed by atoms with van der Waals surface area (Å²) in [7, 11) is 0. The van der Waals surface area contributed by atoms with Gasteiger partial charge in [-0.2, -0.15) is 0 Å². The average molecular weight is 192 g/mol. The van der Waals surface area contributed by atoms with E-state index in [1.807, 2.05) is 0 Å². The minimum absolute atomic E-state index is 0.113. The van der Waals surface area contributed by atoms with Gasteiger partial charge in [-0.25, -0.2) is 4.39 Å². The summed E-state index contributed by atoms with van der Waals surface area (Å²) in [5.74, 6) is -0.0763. The summed E-state index contributed by atoms with van der Waals surface area (Å²) in [4.78, 5) is 11.8. The highest BCUT2D eigenvalue weighted by Gasteiger charge is 2.23. The van der Waals surface area contributed by atoms with Crippen LogP contribution in [0, 0.1) is 11.7 Å². The summed E-state index contributed by atoms with van der Waals surface area (Å²) in [6.45, 7) is 0. The van der Waals surface area contributed by atoms with Crippen molar-refractivity contribution in [3.05, 3.63) is 35.6 Å². The molecule has 0 saturated heterocycles. The number of Topliss-reactive ketones (excluding diaryl/α,β-unsaturated/α-hetero) is 1. The highest BCUT2D eigenvalue weighted by Crippen LogP contribution is 2.28. The summed E-state index contributed by atoms with van der Waals surface area (Å²) in [5, 5.41) is 0. The van der Waals surface area contributed by atoms with E-state index in [1.54, 1.807) is 12.1 Å². The van der Waals surface area contributed by atoms with Gasteiger partial charge >= 0.3 is 0 Å². The molecular weight excluding hydrogens is 179 g/mol. The Morgan fingerprint density at radius 1 is 1.29 bits per heavy atom. The molecule has 0 unspecified atom stereocenters. The number of hydrogen-bond donors (Lipinski definition) is 0. The van der Waals surface area contributed by atoms with E-state index in [0.29, 0.717) is 5.56 Å². The molecule has 0 amide bonds. The molecule has 2 heteroatoms. The molecule has 0 radical (unpaired) electrons. The Bertz CT molecular complexity index is 340. The minimum Gasteiger partial charge on any atom is -0.294 e. The fourth-order valence-electron chi connectivity index (χ4n) is 2.07. The average Bonchev–Trinajstić information content (AvgIpc) is 2.69. The largest absolute Gasteiger partial charge is 0.294 e. The van der Waals surface area contributed by atoms with Gasteiger partial charge in [0.1, 0.15) is 5.82 Å². The molecule has 0 spiro atoms. The molecule has 1 aromatic rings. The molecule has 0 N–H and O–H groups in total. The van der Waals surface area contributed by atoms with Crippen molar-refractivity contribution < 1.29 is 9.18 Å². The lowest BCUT2D eigenvalue weighted by Crippen LogP contribution is -2.10. The van der Waals surface area contributed by atoms with Crippen LogP contribution in [0.5, 0.6) is 0 Å². The number of carbonyl (C=O) groups excluding carboxylic acids is 1. The minimum atomic E-state index is -0.325. The Balaban J connectivity index is 2.17. The smallest absolute Gasteiger partial charge is 0.166 e. The summed E-state index contributed by atoms with van der Waals surface area (Å²) in [5.41, 5.74) is 0.525. The van der Waals surface area contributed by atoms with E-state index in [-0.39, 0.29) is 17.5 Å². The molecule has 1 aromatic carbocycles. The molecule has 0 aromatic heterocycles. The van der Waals surface area contributed by atoms with Crippen LogP contribution in [0.15, 0.2) is 24.3 Å². The zero-order chi connectivity index (χ0) is 9.97. The third kappa shape index (κ3) is 1.84. The summed E-state index contributed by atoms with van der Waals surface area (Å²) in [6, 6.07) is 5.99. The Kier molecular flexibility index (Phi) is 2.62. The summed E-state index contributed by atoms with van der Waals surface area (Å²) >= 11 is 0. The van der Waals surface area contributed by atoms with Crippen LogP contribution in [0.3, 0.4) is 0 Å². The quantitative estimate of drug-likeness (QED) is 0.657. The summed E-state index contributed by atoms with van der Waals surface area (Å²) in [6.07, 6.45) is 4.20. The Morgan fingerprint density at radius 3 is 2.64 bits per heavy atom. The first-order valence-electron chi connectivity index (χ1n) is 5.07. The maximum Gasteiger partial charge on any atom is 0.166 e. The SMILES string of the molecule is O=C(c1cccc(F)c1)C1CCCC1. The van der Waals surface area contributed by atoms with Gasteiger partial charge < -0.3 is 0 Å². The predicted octanol–water partition coefficient (Wildman–Crippen LogP) is 3.20. The van der Waals surface area contributed by atoms with Crippen molar-refractivity contribution in [1.29, 1.82) is 0 Å². The topological polar surface area (TPSA) is 17.1 Å². The lowest BCUT2D eigenvalue weighted by molar-refractivity contribution is 0.0922. The third-order valence-corrected chi connectivity index (χ3v) is 2.84. The van der Waals surface area contributed by atoms with E-state index >= 15 is 0 Å². The molecule has 1 fully saturated rings. The zero-order valence-corrected chi connectivity index (χ0v) is 8.00. The van der Waals surface area contributed by atoms with E-state index in [0.717, 1.165) is 25.7 Å². The maximum absolute atomic E-state index is 12.9. The second-order valence-electron chi connectivity index (χ2n) is 3.86. The maximum atomic E-state index is 12.9. The van der Waals surface area contributed by atoms with E-state index in [9.17, 15) is 9.18 Å². The van der Waals surface area contributed by atoms with Crippen molar-refractivity contribution in [3.63, 3.8) is 0 Å². The number of rotatable bonds is 2. The van der Waals surface area contributed by atoms with Crippen molar-refractivity contribution in [1.82, 2.24) is 0 Å². The van der Waals surface area contributed by atoms with Crippen LogP contribution < -0.4 is 0 Å². The van der Waals surface area contributed by atoms with Crippen LogP contribution in [0.25, 0.3) is 0 Å². The second-order valence-corrected chi connectivity index (χ2v) is 3.86. The monoisotopic (exact) mass is 192 g/mol. The van der Waals surface area contributed by atoms with Gasteiger partial charge in [0.25, 0.3) is 0 Å². The molecule has 0 atom stereocenters. The van der Waals surface area contributed by atoms with Crippen LogP contribution >= 0.6 is 0 Å². The van der Waals surface area contributed by atoms with Gasteiger partial charge in [-0.1, -0.05) is 25.0 Å². The van der Waals surface area contributed by atoms with E-state index in [4.69, 9.17) is 0 Å². The molecule has 1 aliphatic rings. The highest BCUT2D eigenvalue weighted by atomic mass is 19.1. The van der Waals surface area contributed by atoms with Crippen molar-refractivity contribution in [2.45, 2.75) is 25.7 Å². The van der Waals surface area contributed by atoms with Crippen LogP contribution in [0.1, 0.15) is 36.0 Å². The Morgan fingerprint density at radius 2 is 2.00 bits per heavy atom. The molecule has 14 heavy (non-hydrogen) atoms. The molecule has 0 aliphatic heterocycles. The molecule has 1 saturated carbocycles. The second kappa shape index (κ2) is 3.91. The fraction of sp³-hybridized carbons (Fsp3) is 0.417. The first-order chi connectivity index (χ1) is 6.77. The van der Waals surface area contributed by atoms with Crippen molar-refractivity contribution in [2.24, 2.45) is 5.92 Å². The molecule has 1 nitrogen and oxygen atoms in total. The van der Waals surface area contributed by atoms with Crippen LogP contribution in [-0.4, -0.2) is 5.78 Å². The lowest BCUT2D eigenvalue weighted by atomic mass is 9.96. The molecule has 0 bridgehead atoms. The van der Waals surface area contributed by atoms with Crippen molar-refractivity contribution in [2.75, 3.05) is 0 Å². The Labute approximate surface area is 82.9 Å². The third-order valence-electron chi connectivity index (χ3n) is 2.84. The van der Waals surface area contributed by atoms with Gasteiger partial charge in [0.05, 0.1) is 0 Å². The molecular formula is C12H13FO. The predicted molar refractivity (Wildman–Crippen MR) is 52.7 cm³/mol. The van der Waals surface area contributed by atoms with Gasteiger partial charge in [0.15, 0.2) is 5.78 Å². The van der Waals surface area contributed by atoms with Crippen molar-refractivity contribution >= 4 is 5.78 Å². The first kappa shape index (κ1) is 9.38. The van der Waals surface area contributed by atoms with E-state index < -0.39 is 0 Å². The number of carbonyl (C=O) groups is 1. The van der Waals surface area contributed by atoms with Crippen LogP contribution in [0.4, 0.5) is 4.39 Å². The summed E-state index contributed by atoms with van der Waals surface area (Å²) < 4.78 is 12.9. The van der Waals surface area contributed by atoms with Crippen LogP contribution in [0.2, 0.25) is 0 Å². The van der Waals surface area contributed by atoms with Gasteiger partial charge in [-0.05, 0) is 25.0 Å². The van der Waals surface area contributed by atoms with Crippen molar-refractivity contribution in [3.8, 4) is 0 Å². The molecule has 0 heterocycles. The standard InChI is InChI=1S/C12H13FO/c13-11-7-3-6-10(8-11)12(14)9-4-1-2-5-9/h3,6-9H,1-2,4-5H2. The first-order valence-corrected chi connectivity index (χ1v) is 5.07. The molecule has 2 rings (SSSR count). The number of benzene rings is 1. The number of halogens is 1. The Hall–Kier alpha value is -1.18. The van der Waals surface area contributed by atoms with Crippen LogP contribution in [-0.2, 0) is 0 Å².